The molecule has 15 heteroatoms. The van der Waals surface area contributed by atoms with Crippen LogP contribution in [0.4, 0.5) is 29.1 Å². The van der Waals surface area contributed by atoms with E-state index in [4.69, 9.17) is 11.6 Å². The van der Waals surface area contributed by atoms with E-state index in [1.54, 1.807) is 6.07 Å². The first-order chi connectivity index (χ1) is 21.4. The van der Waals surface area contributed by atoms with Gasteiger partial charge in [-0.15, -0.1) is 0 Å². The maximum atomic E-state index is 14.7. The Labute approximate surface area is 260 Å². The van der Waals surface area contributed by atoms with Gasteiger partial charge in [-0.1, -0.05) is 35.0 Å². The van der Waals surface area contributed by atoms with Gasteiger partial charge in [0.2, 0.25) is 11.8 Å². The number of carbonyl (C=O) groups is 2. The number of hydrogen-bond donors (Lipinski definition) is 3. The van der Waals surface area contributed by atoms with Crippen LogP contribution in [-0.2, 0) is 9.59 Å². The van der Waals surface area contributed by atoms with E-state index in [2.05, 4.69) is 10.3 Å². The van der Waals surface area contributed by atoms with Crippen molar-refractivity contribution in [3.8, 4) is 6.07 Å². The number of pyridine rings is 1. The lowest BCUT2D eigenvalue weighted by molar-refractivity contribution is -0.152. The van der Waals surface area contributed by atoms with Gasteiger partial charge in [0, 0.05) is 48.2 Å². The Morgan fingerprint density at radius 3 is 2.44 bits per heavy atom. The lowest BCUT2D eigenvalue weighted by Gasteiger charge is -2.42. The predicted molar refractivity (Wildman–Crippen MR) is 153 cm³/mol. The van der Waals surface area contributed by atoms with Crippen LogP contribution in [0.25, 0.3) is 0 Å². The van der Waals surface area contributed by atoms with Crippen LogP contribution in [0.2, 0.25) is 5.02 Å². The fourth-order valence-electron chi connectivity index (χ4n) is 5.54. The number of aromatic nitrogens is 1. The van der Waals surface area contributed by atoms with Crippen LogP contribution in [0, 0.1) is 23.0 Å². The van der Waals surface area contributed by atoms with Crippen molar-refractivity contribution >= 4 is 34.9 Å². The van der Waals surface area contributed by atoms with Crippen molar-refractivity contribution in [3.05, 3.63) is 88.6 Å². The zero-order valence-electron chi connectivity index (χ0n) is 23.5. The Hall–Kier alpha value is -4.29. The van der Waals surface area contributed by atoms with E-state index in [9.17, 15) is 42.7 Å². The number of hydrazine groups is 1. The van der Waals surface area contributed by atoms with E-state index >= 15 is 0 Å². The van der Waals surface area contributed by atoms with Crippen molar-refractivity contribution in [2.24, 2.45) is 0 Å². The number of alkyl halides is 2. The molecular weight excluding hydrogens is 620 g/mol. The molecule has 2 amide bonds. The van der Waals surface area contributed by atoms with Gasteiger partial charge >= 0.3 is 0 Å². The van der Waals surface area contributed by atoms with E-state index in [1.807, 2.05) is 6.07 Å². The molecule has 2 fully saturated rings. The van der Waals surface area contributed by atoms with Crippen molar-refractivity contribution in [2.45, 2.75) is 62.4 Å². The maximum absolute atomic E-state index is 14.7. The summed E-state index contributed by atoms with van der Waals surface area (Å²) in [5.41, 5.74) is -0.229. The minimum absolute atomic E-state index is 0.0193. The lowest BCUT2D eigenvalue weighted by Crippen LogP contribution is -2.57. The SMILES string of the molecule is N#Cc1ccnc(N2C(=O)[C@H](O)C[C@H]2N(O)N(c2cc(F)cc(F)c2)[C@H](C(=O)NC2CCC(F)(F)CC2)c2ccccc2Cl)c1. The first-order valence-electron chi connectivity index (χ1n) is 13.9. The number of nitrogens with zero attached hydrogens (tertiary/aromatic N) is 5. The number of halogens is 5. The second-order valence-electron chi connectivity index (χ2n) is 10.8. The molecule has 1 aliphatic heterocycles. The number of aliphatic hydroxyl groups is 1. The number of rotatable bonds is 8. The van der Waals surface area contributed by atoms with Crippen LogP contribution in [0.15, 0.2) is 60.8 Å². The van der Waals surface area contributed by atoms with Crippen LogP contribution >= 0.6 is 11.6 Å². The van der Waals surface area contributed by atoms with Crippen molar-refractivity contribution < 1.29 is 37.5 Å². The topological polar surface area (TPSA) is 133 Å². The molecule has 1 aliphatic carbocycles. The molecule has 3 aromatic rings. The summed E-state index contributed by atoms with van der Waals surface area (Å²) in [6.45, 7) is 0. The molecule has 3 N–H and O–H groups in total. The van der Waals surface area contributed by atoms with E-state index in [1.165, 1.54) is 36.5 Å². The molecule has 0 spiro atoms. The summed E-state index contributed by atoms with van der Waals surface area (Å²) in [6.07, 6.45) is -3.45. The Morgan fingerprint density at radius 2 is 1.80 bits per heavy atom. The van der Waals surface area contributed by atoms with Crippen LogP contribution in [0.3, 0.4) is 0 Å². The van der Waals surface area contributed by atoms with E-state index in [0.717, 1.165) is 22.0 Å². The zero-order valence-corrected chi connectivity index (χ0v) is 24.2. The number of nitrogens with one attached hydrogen (secondary N) is 1. The van der Waals surface area contributed by atoms with Gasteiger partial charge in [0.25, 0.3) is 5.91 Å². The quantitative estimate of drug-likeness (QED) is 0.234. The molecule has 3 atom stereocenters. The molecule has 45 heavy (non-hydrogen) atoms. The van der Waals surface area contributed by atoms with Crippen molar-refractivity contribution in [2.75, 3.05) is 9.91 Å². The van der Waals surface area contributed by atoms with E-state index in [0.29, 0.717) is 11.2 Å². The summed E-state index contributed by atoms with van der Waals surface area (Å²) in [7, 11) is 0. The van der Waals surface area contributed by atoms with Crippen LogP contribution in [0.5, 0.6) is 0 Å². The Balaban J connectivity index is 1.63. The zero-order chi connectivity index (χ0) is 32.5. The highest BCUT2D eigenvalue weighted by molar-refractivity contribution is 6.31. The molecule has 2 aliphatic rings. The highest BCUT2D eigenvalue weighted by Gasteiger charge is 2.48. The smallest absolute Gasteiger partial charge is 0.258 e. The summed E-state index contributed by atoms with van der Waals surface area (Å²) < 4.78 is 57.0. The number of amides is 2. The highest BCUT2D eigenvalue weighted by atomic mass is 35.5. The largest absolute Gasteiger partial charge is 0.383 e. The molecule has 236 valence electrons. The van der Waals surface area contributed by atoms with E-state index < -0.39 is 78.7 Å². The van der Waals surface area contributed by atoms with Gasteiger partial charge in [-0.3, -0.25) is 24.7 Å². The number of nitriles is 1. The molecule has 0 bridgehead atoms. The molecule has 0 unspecified atom stereocenters. The number of carbonyl (C=O) groups excluding carboxylic acids is 2. The number of anilines is 2. The highest BCUT2D eigenvalue weighted by Crippen LogP contribution is 2.38. The average Bonchev–Trinajstić information content (AvgIpc) is 3.30. The molecule has 2 heterocycles. The molecule has 5 rings (SSSR count). The lowest BCUT2D eigenvalue weighted by atomic mass is 9.91. The van der Waals surface area contributed by atoms with Crippen LogP contribution in [-0.4, -0.2) is 56.5 Å². The van der Waals surface area contributed by atoms with Crippen LogP contribution in [0.1, 0.15) is 49.3 Å². The van der Waals surface area contributed by atoms with Crippen LogP contribution < -0.4 is 15.2 Å². The second kappa shape index (κ2) is 13.0. The number of hydrogen-bond acceptors (Lipinski definition) is 8. The fourth-order valence-corrected chi connectivity index (χ4v) is 5.78. The molecule has 1 aromatic heterocycles. The maximum Gasteiger partial charge on any atom is 0.258 e. The third kappa shape index (κ3) is 6.86. The van der Waals surface area contributed by atoms with Crippen molar-refractivity contribution in [1.82, 2.24) is 15.5 Å². The summed E-state index contributed by atoms with van der Waals surface area (Å²) in [4.78, 5) is 32.2. The van der Waals surface area contributed by atoms with Crippen molar-refractivity contribution in [1.29, 1.82) is 5.26 Å². The van der Waals surface area contributed by atoms with Gasteiger partial charge in [0.15, 0.2) is 6.04 Å². The molecule has 1 saturated heterocycles. The molecule has 10 nitrogen and oxygen atoms in total. The first kappa shape index (κ1) is 32.1. The first-order valence-corrected chi connectivity index (χ1v) is 14.3. The molecular formula is C30H27ClF4N6O4. The average molecular weight is 647 g/mol. The van der Waals surface area contributed by atoms with Gasteiger partial charge in [-0.2, -0.15) is 5.26 Å². The molecule has 1 saturated carbocycles. The second-order valence-corrected chi connectivity index (χ2v) is 11.2. The monoisotopic (exact) mass is 646 g/mol. The van der Waals surface area contributed by atoms with Gasteiger partial charge in [0.05, 0.1) is 17.3 Å². The Kier molecular flexibility index (Phi) is 9.26. The molecule has 2 aromatic carbocycles. The van der Waals surface area contributed by atoms with E-state index in [-0.39, 0.29) is 34.8 Å². The van der Waals surface area contributed by atoms with Gasteiger partial charge in [-0.25, -0.2) is 22.5 Å². The fraction of sp³-hybridized carbons (Fsp3) is 0.333. The summed E-state index contributed by atoms with van der Waals surface area (Å²) in [5.74, 6) is -6.92. The number of benzene rings is 2. The minimum atomic E-state index is -2.88. The number of aliphatic hydroxyl groups excluding tert-OH is 1. The normalized spacial score (nSPS) is 20.6. The summed E-state index contributed by atoms with van der Waals surface area (Å²) in [5, 5.41) is 35.7. The van der Waals surface area contributed by atoms with Gasteiger partial charge in [0.1, 0.15) is 29.7 Å². The number of hydroxylamine groups is 1. The third-order valence-electron chi connectivity index (χ3n) is 7.73. The van der Waals surface area contributed by atoms with Gasteiger partial charge in [-0.05, 0) is 43.2 Å². The molecule has 0 radical (unpaired) electrons. The summed E-state index contributed by atoms with van der Waals surface area (Å²) >= 11 is 6.51. The van der Waals surface area contributed by atoms with Crippen molar-refractivity contribution in [3.63, 3.8) is 0 Å². The Morgan fingerprint density at radius 1 is 1.13 bits per heavy atom. The standard InChI is InChI=1S/C30H27ClF4N6O4/c31-23-4-2-1-3-22(23)27(28(43)38-20-5-8-30(34,35)9-6-20)40(21-13-18(32)12-19(33)14-21)41(45)26-15-24(42)29(44)39(26)25-11-17(16-36)7-10-37-25/h1-4,7,10-14,20,24,26-27,42,45H,5-6,8-9,15H2,(H,38,43)/t24-,26-,27+/m1/s1. The third-order valence-corrected chi connectivity index (χ3v) is 8.08. The van der Waals surface area contributed by atoms with Gasteiger partial charge < -0.3 is 10.4 Å². The minimum Gasteiger partial charge on any atom is -0.383 e. The summed E-state index contributed by atoms with van der Waals surface area (Å²) in [6, 6.07) is 10.3. The Bertz CT molecular complexity index is 1610. The predicted octanol–water partition coefficient (Wildman–Crippen LogP) is 4.86.